The van der Waals surface area contributed by atoms with Crippen LogP contribution in [0.25, 0.3) is 0 Å². The van der Waals surface area contributed by atoms with Gasteiger partial charge in [0.15, 0.2) is 11.5 Å². The number of nitrogens with one attached hydrogen (secondary N) is 1. The van der Waals surface area contributed by atoms with E-state index in [1.165, 1.54) is 0 Å². The zero-order chi connectivity index (χ0) is 12.9. The molecule has 0 spiro atoms. The first-order valence-corrected chi connectivity index (χ1v) is 5.60. The van der Waals surface area contributed by atoms with Crippen LogP contribution in [0.1, 0.15) is 19.4 Å². The van der Waals surface area contributed by atoms with E-state index in [0.29, 0.717) is 12.3 Å². The van der Waals surface area contributed by atoms with Gasteiger partial charge in [-0.05, 0) is 19.9 Å². The maximum atomic E-state index is 9.18. The summed E-state index contributed by atoms with van der Waals surface area (Å²) in [4.78, 5) is 0. The SMILES string of the molecule is COc1cccc(CNC(C)(C)CO)c1OC.Cl. The van der Waals surface area contributed by atoms with Gasteiger partial charge in [0.05, 0.1) is 20.8 Å². The number of aliphatic hydroxyl groups is 1. The lowest BCUT2D eigenvalue weighted by Crippen LogP contribution is -2.42. The Morgan fingerprint density at radius 3 is 2.39 bits per heavy atom. The molecule has 0 heterocycles. The minimum Gasteiger partial charge on any atom is -0.493 e. The van der Waals surface area contributed by atoms with Crippen molar-refractivity contribution in [3.8, 4) is 11.5 Å². The molecule has 0 amide bonds. The minimum atomic E-state index is -0.311. The number of ether oxygens (including phenoxy) is 2. The topological polar surface area (TPSA) is 50.7 Å². The second-order valence-corrected chi connectivity index (χ2v) is 4.55. The van der Waals surface area contributed by atoms with Gasteiger partial charge in [-0.25, -0.2) is 0 Å². The van der Waals surface area contributed by atoms with Gasteiger partial charge in [-0.15, -0.1) is 12.4 Å². The Labute approximate surface area is 115 Å². The van der Waals surface area contributed by atoms with Crippen LogP contribution in [0.4, 0.5) is 0 Å². The fourth-order valence-electron chi connectivity index (χ4n) is 1.48. The summed E-state index contributed by atoms with van der Waals surface area (Å²) in [5.41, 5.74) is 0.696. The fraction of sp³-hybridized carbons (Fsp3) is 0.538. The molecule has 1 aromatic rings. The predicted octanol–water partition coefficient (Wildman–Crippen LogP) is 1.99. The molecular weight excluding hydrogens is 254 g/mol. The van der Waals surface area contributed by atoms with Gasteiger partial charge >= 0.3 is 0 Å². The highest BCUT2D eigenvalue weighted by Gasteiger charge is 2.17. The van der Waals surface area contributed by atoms with Crippen LogP contribution in [0.3, 0.4) is 0 Å². The zero-order valence-electron chi connectivity index (χ0n) is 11.3. The number of hydrogen-bond acceptors (Lipinski definition) is 4. The van der Waals surface area contributed by atoms with E-state index in [1.54, 1.807) is 14.2 Å². The summed E-state index contributed by atoms with van der Waals surface area (Å²) in [5.74, 6) is 1.45. The van der Waals surface area contributed by atoms with Crippen molar-refractivity contribution in [1.82, 2.24) is 5.32 Å². The van der Waals surface area contributed by atoms with E-state index >= 15 is 0 Å². The molecule has 2 N–H and O–H groups in total. The third-order valence-electron chi connectivity index (χ3n) is 2.64. The summed E-state index contributed by atoms with van der Waals surface area (Å²) in [6.07, 6.45) is 0. The molecule has 4 nitrogen and oxygen atoms in total. The van der Waals surface area contributed by atoms with Crippen LogP contribution < -0.4 is 14.8 Å². The van der Waals surface area contributed by atoms with Gasteiger partial charge in [-0.1, -0.05) is 12.1 Å². The molecule has 0 saturated heterocycles. The van der Waals surface area contributed by atoms with Crippen molar-refractivity contribution in [3.05, 3.63) is 23.8 Å². The second kappa shape index (κ2) is 7.46. The van der Waals surface area contributed by atoms with Crippen LogP contribution >= 0.6 is 12.4 Å². The van der Waals surface area contributed by atoms with Crippen LogP contribution in [0.5, 0.6) is 11.5 Å². The van der Waals surface area contributed by atoms with Gasteiger partial charge in [0, 0.05) is 17.6 Å². The molecule has 0 atom stereocenters. The molecule has 0 aliphatic heterocycles. The number of aliphatic hydroxyl groups excluding tert-OH is 1. The van der Waals surface area contributed by atoms with E-state index in [9.17, 15) is 5.11 Å². The Morgan fingerprint density at radius 1 is 1.22 bits per heavy atom. The lowest BCUT2D eigenvalue weighted by Gasteiger charge is -2.24. The first kappa shape index (κ1) is 17.0. The van der Waals surface area contributed by atoms with Gasteiger partial charge in [0.25, 0.3) is 0 Å². The molecule has 0 aliphatic carbocycles. The Balaban J connectivity index is 0.00000289. The summed E-state index contributed by atoms with van der Waals surface area (Å²) in [5, 5.41) is 12.4. The lowest BCUT2D eigenvalue weighted by molar-refractivity contribution is 0.187. The second-order valence-electron chi connectivity index (χ2n) is 4.55. The summed E-state index contributed by atoms with van der Waals surface area (Å²) in [6.45, 7) is 4.59. The molecular formula is C13H22ClNO3. The number of benzene rings is 1. The Morgan fingerprint density at radius 2 is 1.89 bits per heavy atom. The van der Waals surface area contributed by atoms with E-state index in [1.807, 2.05) is 32.0 Å². The first-order valence-electron chi connectivity index (χ1n) is 5.60. The molecule has 0 bridgehead atoms. The maximum Gasteiger partial charge on any atom is 0.165 e. The molecule has 1 rings (SSSR count). The van der Waals surface area contributed by atoms with Crippen molar-refractivity contribution in [2.45, 2.75) is 25.9 Å². The van der Waals surface area contributed by atoms with Crippen LogP contribution in [0, 0.1) is 0 Å². The summed E-state index contributed by atoms with van der Waals surface area (Å²) >= 11 is 0. The number of rotatable bonds is 6. The zero-order valence-corrected chi connectivity index (χ0v) is 12.1. The van der Waals surface area contributed by atoms with Crippen molar-refractivity contribution in [3.63, 3.8) is 0 Å². The van der Waals surface area contributed by atoms with Crippen LogP contribution in [0.2, 0.25) is 0 Å². The quantitative estimate of drug-likeness (QED) is 0.834. The van der Waals surface area contributed by atoms with Crippen molar-refractivity contribution in [1.29, 1.82) is 0 Å². The Bertz CT molecular complexity index is 369. The molecule has 0 aliphatic rings. The molecule has 0 saturated carbocycles. The van der Waals surface area contributed by atoms with Crippen molar-refractivity contribution in [2.75, 3.05) is 20.8 Å². The summed E-state index contributed by atoms with van der Waals surface area (Å²) < 4.78 is 10.6. The van der Waals surface area contributed by atoms with Crippen LogP contribution in [0.15, 0.2) is 18.2 Å². The number of para-hydroxylation sites is 1. The van der Waals surface area contributed by atoms with Gasteiger partial charge in [0.2, 0.25) is 0 Å². The normalized spacial score (nSPS) is 10.7. The lowest BCUT2D eigenvalue weighted by atomic mass is 10.1. The van der Waals surface area contributed by atoms with E-state index in [2.05, 4.69) is 5.32 Å². The molecule has 0 fully saturated rings. The molecule has 0 unspecified atom stereocenters. The standard InChI is InChI=1S/C13H21NO3.ClH/c1-13(2,9-15)14-8-10-6-5-7-11(16-3)12(10)17-4;/h5-7,14-15H,8-9H2,1-4H3;1H. The monoisotopic (exact) mass is 275 g/mol. The molecule has 0 aromatic heterocycles. The minimum absolute atomic E-state index is 0. The highest BCUT2D eigenvalue weighted by atomic mass is 35.5. The smallest absolute Gasteiger partial charge is 0.165 e. The number of methoxy groups -OCH3 is 2. The number of hydrogen-bond donors (Lipinski definition) is 2. The van der Waals surface area contributed by atoms with E-state index in [-0.39, 0.29) is 24.6 Å². The van der Waals surface area contributed by atoms with Crippen molar-refractivity contribution in [2.24, 2.45) is 0 Å². The van der Waals surface area contributed by atoms with Gasteiger partial charge in [0.1, 0.15) is 0 Å². The average Bonchev–Trinajstić information content (AvgIpc) is 2.35. The largest absolute Gasteiger partial charge is 0.493 e. The summed E-state index contributed by atoms with van der Waals surface area (Å²) in [7, 11) is 3.24. The third-order valence-corrected chi connectivity index (χ3v) is 2.64. The molecule has 18 heavy (non-hydrogen) atoms. The number of halogens is 1. The first-order chi connectivity index (χ1) is 8.04. The highest BCUT2D eigenvalue weighted by Crippen LogP contribution is 2.30. The highest BCUT2D eigenvalue weighted by molar-refractivity contribution is 5.85. The van der Waals surface area contributed by atoms with E-state index in [4.69, 9.17) is 9.47 Å². The Hall–Kier alpha value is -0.970. The van der Waals surface area contributed by atoms with Gasteiger partial charge in [-0.3, -0.25) is 0 Å². The maximum absolute atomic E-state index is 9.18. The van der Waals surface area contributed by atoms with Gasteiger partial charge < -0.3 is 19.9 Å². The third kappa shape index (κ3) is 4.37. The van der Waals surface area contributed by atoms with Crippen molar-refractivity contribution < 1.29 is 14.6 Å². The average molecular weight is 276 g/mol. The molecule has 0 radical (unpaired) electrons. The van der Waals surface area contributed by atoms with Crippen molar-refractivity contribution >= 4 is 12.4 Å². The van der Waals surface area contributed by atoms with Gasteiger partial charge in [-0.2, -0.15) is 0 Å². The van der Waals surface area contributed by atoms with E-state index < -0.39 is 0 Å². The molecule has 104 valence electrons. The Kier molecular flexibility index (Phi) is 7.06. The van der Waals surface area contributed by atoms with E-state index in [0.717, 1.165) is 11.3 Å². The summed E-state index contributed by atoms with van der Waals surface area (Å²) in [6, 6.07) is 5.76. The fourth-order valence-corrected chi connectivity index (χ4v) is 1.48. The van der Waals surface area contributed by atoms with Crippen LogP contribution in [-0.2, 0) is 6.54 Å². The molecule has 1 aromatic carbocycles. The molecule has 5 heteroatoms. The van der Waals surface area contributed by atoms with Crippen LogP contribution in [-0.4, -0.2) is 31.5 Å². The predicted molar refractivity (Wildman–Crippen MR) is 74.8 cm³/mol.